The summed E-state index contributed by atoms with van der Waals surface area (Å²) in [6.45, 7) is 8.06. The average Bonchev–Trinajstić information content (AvgIpc) is 2.80. The van der Waals surface area contributed by atoms with Crippen LogP contribution in [0.3, 0.4) is 0 Å². The van der Waals surface area contributed by atoms with E-state index in [0.29, 0.717) is 25.9 Å². The molecule has 1 aromatic carbocycles. The van der Waals surface area contributed by atoms with E-state index in [9.17, 15) is 5.11 Å². The van der Waals surface area contributed by atoms with E-state index in [1.54, 1.807) is 7.11 Å². The third kappa shape index (κ3) is 8.54. The average molecular weight is 449 g/mol. The first-order valence-electron chi connectivity index (χ1n) is 12.5. The van der Waals surface area contributed by atoms with Crippen molar-refractivity contribution in [3.8, 4) is 11.5 Å². The molecular formula is C26H44N2O4. The maximum atomic E-state index is 10.4. The molecule has 3 rings (SSSR count). The van der Waals surface area contributed by atoms with Crippen LogP contribution in [0.15, 0.2) is 18.2 Å². The number of aliphatic hydroxyl groups excluding tert-OH is 1. The molecule has 0 amide bonds. The number of ether oxygens (including phenoxy) is 3. The summed E-state index contributed by atoms with van der Waals surface area (Å²) < 4.78 is 17.5. The number of piperidine rings is 1. The highest BCUT2D eigenvalue weighted by molar-refractivity contribution is 5.43. The highest BCUT2D eigenvalue weighted by atomic mass is 16.5. The van der Waals surface area contributed by atoms with E-state index >= 15 is 0 Å². The van der Waals surface area contributed by atoms with E-state index in [-0.39, 0.29) is 0 Å². The lowest BCUT2D eigenvalue weighted by molar-refractivity contribution is -0.0319. The second-order valence-electron chi connectivity index (χ2n) is 9.80. The van der Waals surface area contributed by atoms with Crippen LogP contribution in [-0.2, 0) is 11.3 Å². The summed E-state index contributed by atoms with van der Waals surface area (Å²) in [7, 11) is 3.72. The molecule has 1 N–H and O–H groups in total. The molecule has 1 atom stereocenters. The zero-order valence-corrected chi connectivity index (χ0v) is 20.4. The van der Waals surface area contributed by atoms with Crippen molar-refractivity contribution >= 4 is 0 Å². The van der Waals surface area contributed by atoms with E-state index in [2.05, 4.69) is 22.8 Å². The maximum absolute atomic E-state index is 10.4. The Morgan fingerprint density at radius 2 is 1.84 bits per heavy atom. The number of nitrogens with zero attached hydrogens (tertiary/aromatic N) is 2. The van der Waals surface area contributed by atoms with E-state index < -0.39 is 6.10 Å². The second kappa shape index (κ2) is 13.4. The molecule has 0 unspecified atom stereocenters. The van der Waals surface area contributed by atoms with Crippen molar-refractivity contribution in [1.82, 2.24) is 9.80 Å². The molecule has 182 valence electrons. The predicted molar refractivity (Wildman–Crippen MR) is 128 cm³/mol. The quantitative estimate of drug-likeness (QED) is 0.523. The summed E-state index contributed by atoms with van der Waals surface area (Å²) in [6.07, 6.45) is 8.51. The van der Waals surface area contributed by atoms with Gasteiger partial charge in [0.1, 0.15) is 6.61 Å². The van der Waals surface area contributed by atoms with Gasteiger partial charge in [0.25, 0.3) is 0 Å². The summed E-state index contributed by atoms with van der Waals surface area (Å²) in [5.74, 6) is 2.41. The molecule has 2 fully saturated rings. The van der Waals surface area contributed by atoms with Crippen molar-refractivity contribution in [2.45, 2.75) is 70.6 Å². The molecule has 2 aliphatic rings. The number of likely N-dealkylation sites (N-methyl/N-ethyl adjacent to an activating group) is 1. The monoisotopic (exact) mass is 448 g/mol. The molecule has 6 nitrogen and oxygen atoms in total. The first kappa shape index (κ1) is 25.3. The minimum absolute atomic E-state index is 0.332. The van der Waals surface area contributed by atoms with Crippen LogP contribution in [0.2, 0.25) is 0 Å². The Kier molecular flexibility index (Phi) is 10.6. The minimum atomic E-state index is -0.468. The van der Waals surface area contributed by atoms with Crippen LogP contribution in [0.4, 0.5) is 0 Å². The van der Waals surface area contributed by atoms with E-state index in [0.717, 1.165) is 48.9 Å². The van der Waals surface area contributed by atoms with Crippen LogP contribution in [0, 0.1) is 5.92 Å². The van der Waals surface area contributed by atoms with Crippen LogP contribution in [0.25, 0.3) is 0 Å². The molecule has 0 spiro atoms. The second-order valence-corrected chi connectivity index (χ2v) is 9.80. The van der Waals surface area contributed by atoms with Crippen LogP contribution in [-0.4, -0.2) is 80.7 Å². The molecule has 1 saturated heterocycles. The van der Waals surface area contributed by atoms with Crippen molar-refractivity contribution in [1.29, 1.82) is 0 Å². The molecule has 1 saturated carbocycles. The summed E-state index contributed by atoms with van der Waals surface area (Å²) in [5.41, 5.74) is 1.14. The zero-order valence-electron chi connectivity index (χ0n) is 20.4. The Morgan fingerprint density at radius 1 is 1.09 bits per heavy atom. The van der Waals surface area contributed by atoms with Gasteiger partial charge in [-0.05, 0) is 69.4 Å². The number of aliphatic hydroxyl groups is 1. The highest BCUT2D eigenvalue weighted by Gasteiger charge is 2.18. The SMILES string of the molecule is COc1cc(CN(C)C[C@@H](O)COC2CCCCC2)ccc1OCCN1CCC(C)CC1. The van der Waals surface area contributed by atoms with Crippen molar-refractivity contribution in [3.63, 3.8) is 0 Å². The zero-order chi connectivity index (χ0) is 22.8. The van der Waals surface area contributed by atoms with Gasteiger partial charge in [0.05, 0.1) is 25.9 Å². The van der Waals surface area contributed by atoms with Gasteiger partial charge in [0.2, 0.25) is 0 Å². The van der Waals surface area contributed by atoms with Crippen LogP contribution < -0.4 is 9.47 Å². The van der Waals surface area contributed by atoms with E-state index in [1.165, 1.54) is 45.2 Å². The van der Waals surface area contributed by atoms with Crippen LogP contribution >= 0.6 is 0 Å². The Labute approximate surface area is 194 Å². The summed E-state index contributed by atoms with van der Waals surface area (Å²) in [5, 5.41) is 10.4. The van der Waals surface area contributed by atoms with Gasteiger partial charge in [-0.3, -0.25) is 9.80 Å². The van der Waals surface area contributed by atoms with Crippen molar-refractivity contribution < 1.29 is 19.3 Å². The molecule has 1 aliphatic heterocycles. The molecule has 6 heteroatoms. The largest absolute Gasteiger partial charge is 0.493 e. The molecule has 1 aromatic rings. The lowest BCUT2D eigenvalue weighted by Crippen LogP contribution is -2.35. The Bertz CT molecular complexity index is 657. The van der Waals surface area contributed by atoms with Gasteiger partial charge in [-0.1, -0.05) is 32.3 Å². The van der Waals surface area contributed by atoms with Crippen molar-refractivity contribution in [2.75, 3.05) is 53.6 Å². The number of rotatable bonds is 12. The predicted octanol–water partition coefficient (Wildman–Crippen LogP) is 3.95. The fourth-order valence-electron chi connectivity index (χ4n) is 4.77. The molecule has 1 heterocycles. The lowest BCUT2D eigenvalue weighted by atomic mass is 9.98. The number of hydrogen-bond donors (Lipinski definition) is 1. The van der Waals surface area contributed by atoms with Crippen molar-refractivity contribution in [3.05, 3.63) is 23.8 Å². The van der Waals surface area contributed by atoms with Gasteiger partial charge < -0.3 is 19.3 Å². The normalized spacial score (nSPS) is 19.9. The maximum Gasteiger partial charge on any atom is 0.161 e. The molecular weight excluding hydrogens is 404 g/mol. The third-order valence-corrected chi connectivity index (χ3v) is 6.82. The van der Waals surface area contributed by atoms with Crippen molar-refractivity contribution in [2.24, 2.45) is 5.92 Å². The summed E-state index contributed by atoms with van der Waals surface area (Å²) >= 11 is 0. The fraction of sp³-hybridized carbons (Fsp3) is 0.769. The molecule has 0 bridgehead atoms. The number of likely N-dealkylation sites (tertiary alicyclic amines) is 1. The Morgan fingerprint density at radius 3 is 2.56 bits per heavy atom. The van der Waals surface area contributed by atoms with Crippen LogP contribution in [0.5, 0.6) is 11.5 Å². The van der Waals surface area contributed by atoms with E-state index in [1.807, 2.05) is 19.2 Å². The number of benzene rings is 1. The third-order valence-electron chi connectivity index (χ3n) is 6.82. The molecule has 0 aromatic heterocycles. The Hall–Kier alpha value is -1.34. The standard InChI is InChI=1S/C26H44N2O4/c1-21-11-13-28(14-12-21)15-16-31-25-10-9-22(17-26(25)30-3)18-27(2)19-23(29)20-32-24-7-5-4-6-8-24/h9-10,17,21,23-24,29H,4-8,11-16,18-20H2,1-3H3/t23-/m1/s1. The number of hydrogen-bond acceptors (Lipinski definition) is 6. The van der Waals surface area contributed by atoms with Gasteiger partial charge in [0, 0.05) is 19.6 Å². The summed E-state index contributed by atoms with van der Waals surface area (Å²) in [4.78, 5) is 4.61. The van der Waals surface area contributed by atoms with Gasteiger partial charge in [-0.25, -0.2) is 0 Å². The lowest BCUT2D eigenvalue weighted by Gasteiger charge is -2.30. The van der Waals surface area contributed by atoms with Gasteiger partial charge in [-0.15, -0.1) is 0 Å². The molecule has 32 heavy (non-hydrogen) atoms. The first-order valence-corrected chi connectivity index (χ1v) is 12.5. The number of methoxy groups -OCH3 is 1. The smallest absolute Gasteiger partial charge is 0.161 e. The van der Waals surface area contributed by atoms with Crippen LogP contribution in [0.1, 0.15) is 57.4 Å². The molecule has 1 aliphatic carbocycles. The van der Waals surface area contributed by atoms with Gasteiger partial charge in [-0.2, -0.15) is 0 Å². The Balaban J connectivity index is 1.39. The first-order chi connectivity index (χ1) is 15.5. The van der Waals surface area contributed by atoms with Gasteiger partial charge in [0.15, 0.2) is 11.5 Å². The highest BCUT2D eigenvalue weighted by Crippen LogP contribution is 2.29. The topological polar surface area (TPSA) is 54.4 Å². The van der Waals surface area contributed by atoms with Gasteiger partial charge >= 0.3 is 0 Å². The minimum Gasteiger partial charge on any atom is -0.493 e. The molecule has 0 radical (unpaired) electrons. The summed E-state index contributed by atoms with van der Waals surface area (Å²) in [6, 6.07) is 6.13. The fourth-order valence-corrected chi connectivity index (χ4v) is 4.77. The van der Waals surface area contributed by atoms with E-state index in [4.69, 9.17) is 14.2 Å².